The van der Waals surface area contributed by atoms with Crippen molar-refractivity contribution in [1.29, 1.82) is 0 Å². The minimum absolute atomic E-state index is 0.0807. The number of nitrogens with zero attached hydrogens (tertiary/aromatic N) is 2. The van der Waals surface area contributed by atoms with Crippen molar-refractivity contribution in [2.45, 2.75) is 44.6 Å². The molecule has 1 saturated heterocycles. The molecule has 1 fully saturated rings. The van der Waals surface area contributed by atoms with Crippen LogP contribution in [0.5, 0.6) is 5.75 Å². The minimum atomic E-state index is -0.720. The van der Waals surface area contributed by atoms with Crippen molar-refractivity contribution in [1.82, 2.24) is 9.88 Å². The largest absolute Gasteiger partial charge is 0.497 e. The Kier molecular flexibility index (Phi) is 8.53. The van der Waals surface area contributed by atoms with Crippen LogP contribution in [0.25, 0.3) is 10.9 Å². The van der Waals surface area contributed by atoms with Gasteiger partial charge in [0, 0.05) is 23.0 Å². The number of carbonyl (C=O) groups is 1. The minimum Gasteiger partial charge on any atom is -0.497 e. The summed E-state index contributed by atoms with van der Waals surface area (Å²) in [5.74, 6) is -0.297. The number of unbranched alkanes of at least 4 members (excludes halogenated alkanes) is 1. The third-order valence-corrected chi connectivity index (χ3v) is 7.97. The van der Waals surface area contributed by atoms with Gasteiger partial charge < -0.3 is 19.8 Å². The van der Waals surface area contributed by atoms with E-state index in [4.69, 9.17) is 4.74 Å². The number of piperidine rings is 1. The van der Waals surface area contributed by atoms with Gasteiger partial charge in [0.15, 0.2) is 0 Å². The number of likely N-dealkylation sites (tertiary alicyclic amines) is 1. The first-order valence-corrected chi connectivity index (χ1v) is 13.0. The maximum Gasteiger partial charge on any atom is 0.308 e. The van der Waals surface area contributed by atoms with Gasteiger partial charge in [0.1, 0.15) is 5.75 Å². The number of aromatic nitrogens is 1. The number of thiophene rings is 1. The van der Waals surface area contributed by atoms with Crippen molar-refractivity contribution < 1.29 is 19.7 Å². The number of ether oxygens (including phenoxy) is 1. The number of carboxylic acids is 1. The number of benzene rings is 1. The van der Waals surface area contributed by atoms with Crippen LogP contribution >= 0.6 is 11.3 Å². The van der Waals surface area contributed by atoms with Gasteiger partial charge in [0.25, 0.3) is 0 Å². The van der Waals surface area contributed by atoms with E-state index >= 15 is 0 Å². The molecule has 2 aromatic heterocycles. The Morgan fingerprint density at radius 3 is 2.94 bits per heavy atom. The molecule has 2 N–H and O–H groups in total. The molecule has 0 radical (unpaired) electrons. The number of hydrogen-bond donors (Lipinski definition) is 2. The molecule has 182 valence electrons. The number of aliphatic hydroxyl groups excluding tert-OH is 1. The second-order valence-electron chi connectivity index (χ2n) is 9.21. The molecule has 3 heterocycles. The summed E-state index contributed by atoms with van der Waals surface area (Å²) in [4.78, 5) is 20.2. The quantitative estimate of drug-likeness (QED) is 0.367. The number of aliphatic hydroxyl groups is 1. The monoisotopic (exact) mass is 482 g/mol. The molecule has 0 spiro atoms. The van der Waals surface area contributed by atoms with Crippen LogP contribution in [-0.2, 0) is 11.2 Å². The zero-order chi connectivity index (χ0) is 23.9. The molecular formula is C27H34N2O4S. The second-order valence-corrected chi connectivity index (χ2v) is 10.2. The zero-order valence-corrected chi connectivity index (χ0v) is 20.5. The van der Waals surface area contributed by atoms with E-state index < -0.39 is 12.1 Å². The maximum atomic E-state index is 12.0. The van der Waals surface area contributed by atoms with Crippen LogP contribution in [0.1, 0.15) is 48.6 Å². The first kappa shape index (κ1) is 24.6. The SMILES string of the molecule is COc1ccc2nccc(C(O)CC[C@@H]3CCN(CCCCc4cccs4)C[C@@H]3C(=O)O)c2c1. The van der Waals surface area contributed by atoms with Crippen molar-refractivity contribution >= 4 is 28.2 Å². The molecule has 3 aromatic rings. The lowest BCUT2D eigenvalue weighted by atomic mass is 9.81. The molecule has 6 nitrogen and oxygen atoms in total. The van der Waals surface area contributed by atoms with Crippen LogP contribution in [0.2, 0.25) is 0 Å². The van der Waals surface area contributed by atoms with Gasteiger partial charge in [0.05, 0.1) is 24.6 Å². The molecule has 7 heteroatoms. The molecule has 3 atom stereocenters. The molecule has 1 unspecified atom stereocenters. The fourth-order valence-corrected chi connectivity index (χ4v) is 5.83. The topological polar surface area (TPSA) is 82.9 Å². The molecule has 1 aromatic carbocycles. The number of pyridine rings is 1. The van der Waals surface area contributed by atoms with Gasteiger partial charge in [-0.05, 0) is 98.8 Å². The predicted octanol–water partition coefficient (Wildman–Crippen LogP) is 5.16. The Labute approximate surface area is 205 Å². The summed E-state index contributed by atoms with van der Waals surface area (Å²) in [7, 11) is 1.62. The highest BCUT2D eigenvalue weighted by atomic mass is 32.1. The smallest absolute Gasteiger partial charge is 0.308 e. The molecule has 1 aliphatic heterocycles. The second kappa shape index (κ2) is 11.8. The van der Waals surface area contributed by atoms with Crippen LogP contribution in [0.3, 0.4) is 0 Å². The third kappa shape index (κ3) is 6.14. The summed E-state index contributed by atoms with van der Waals surface area (Å²) >= 11 is 1.80. The predicted molar refractivity (Wildman–Crippen MR) is 135 cm³/mol. The average Bonchev–Trinajstić information content (AvgIpc) is 3.38. The van der Waals surface area contributed by atoms with Gasteiger partial charge >= 0.3 is 5.97 Å². The number of aliphatic carboxylic acids is 1. The van der Waals surface area contributed by atoms with Gasteiger partial charge in [0.2, 0.25) is 0 Å². The van der Waals surface area contributed by atoms with Gasteiger partial charge in [-0.25, -0.2) is 0 Å². The van der Waals surface area contributed by atoms with E-state index in [-0.39, 0.29) is 11.8 Å². The summed E-state index contributed by atoms with van der Waals surface area (Å²) in [5, 5.41) is 23.9. The van der Waals surface area contributed by atoms with Gasteiger partial charge in [-0.15, -0.1) is 11.3 Å². The normalized spacial score (nSPS) is 19.8. The van der Waals surface area contributed by atoms with Crippen molar-refractivity contribution in [2.24, 2.45) is 11.8 Å². The van der Waals surface area contributed by atoms with Crippen LogP contribution in [0, 0.1) is 11.8 Å². The molecule has 1 aliphatic rings. The maximum absolute atomic E-state index is 12.0. The van der Waals surface area contributed by atoms with Crippen LogP contribution in [-0.4, -0.2) is 52.8 Å². The van der Waals surface area contributed by atoms with Crippen LogP contribution in [0.15, 0.2) is 48.0 Å². The number of hydrogen-bond acceptors (Lipinski definition) is 6. The van der Waals surface area contributed by atoms with E-state index in [2.05, 4.69) is 27.4 Å². The Bertz CT molecular complexity index is 1070. The highest BCUT2D eigenvalue weighted by molar-refractivity contribution is 7.09. The Morgan fingerprint density at radius 2 is 2.18 bits per heavy atom. The summed E-state index contributed by atoms with van der Waals surface area (Å²) in [5.41, 5.74) is 1.63. The van der Waals surface area contributed by atoms with Crippen molar-refractivity contribution in [3.63, 3.8) is 0 Å². The van der Waals surface area contributed by atoms with Crippen molar-refractivity contribution in [3.8, 4) is 5.75 Å². The molecule has 34 heavy (non-hydrogen) atoms. The molecule has 0 amide bonds. The first-order chi connectivity index (χ1) is 16.5. The van der Waals surface area contributed by atoms with Crippen LogP contribution < -0.4 is 4.74 Å². The standard InChI is InChI=1S/C27H34N2O4S/c1-33-20-8-9-25-23(17-20)22(11-13-28-25)26(30)10-7-19-12-15-29(18-24(19)27(31)32)14-3-2-5-21-6-4-16-34-21/h4,6,8-9,11,13,16-17,19,24,26,30H,2-3,5,7,10,12,14-15,18H2,1H3,(H,31,32)/t19-,24+,26?/m1/s1. The van der Waals surface area contributed by atoms with E-state index in [0.717, 1.165) is 61.0 Å². The number of fused-ring (bicyclic) bond motifs is 1. The lowest BCUT2D eigenvalue weighted by molar-refractivity contribution is -0.146. The number of methoxy groups -OCH3 is 1. The lowest BCUT2D eigenvalue weighted by Crippen LogP contribution is -2.44. The average molecular weight is 483 g/mol. The number of rotatable bonds is 11. The lowest BCUT2D eigenvalue weighted by Gasteiger charge is -2.37. The third-order valence-electron chi connectivity index (χ3n) is 7.04. The van der Waals surface area contributed by atoms with E-state index in [1.807, 2.05) is 24.3 Å². The highest BCUT2D eigenvalue weighted by Gasteiger charge is 2.34. The van der Waals surface area contributed by atoms with E-state index in [9.17, 15) is 15.0 Å². The van der Waals surface area contributed by atoms with Crippen molar-refractivity contribution in [2.75, 3.05) is 26.7 Å². The van der Waals surface area contributed by atoms with E-state index in [0.29, 0.717) is 19.4 Å². The fraction of sp³-hybridized carbons (Fsp3) is 0.481. The number of carboxylic acid groups (broad SMARTS) is 1. The van der Waals surface area contributed by atoms with Crippen molar-refractivity contribution in [3.05, 3.63) is 58.4 Å². The van der Waals surface area contributed by atoms with Gasteiger partial charge in [-0.2, -0.15) is 0 Å². The Hall–Kier alpha value is -2.48. The van der Waals surface area contributed by atoms with Gasteiger partial charge in [-0.3, -0.25) is 9.78 Å². The summed E-state index contributed by atoms with van der Waals surface area (Å²) in [6, 6.07) is 11.8. The molecule has 4 rings (SSSR count). The molecular weight excluding hydrogens is 448 g/mol. The molecule has 0 saturated carbocycles. The zero-order valence-electron chi connectivity index (χ0n) is 19.7. The summed E-state index contributed by atoms with van der Waals surface area (Å²) in [6.45, 7) is 2.48. The number of aryl methyl sites for hydroxylation is 1. The Balaban J connectivity index is 1.31. The van der Waals surface area contributed by atoms with Gasteiger partial charge in [-0.1, -0.05) is 6.07 Å². The Morgan fingerprint density at radius 1 is 1.29 bits per heavy atom. The first-order valence-electron chi connectivity index (χ1n) is 12.1. The van der Waals surface area contributed by atoms with Crippen LogP contribution in [0.4, 0.5) is 0 Å². The van der Waals surface area contributed by atoms with E-state index in [1.165, 1.54) is 4.88 Å². The summed E-state index contributed by atoms with van der Waals surface area (Å²) in [6.07, 6.45) is 6.46. The molecule has 0 aliphatic carbocycles. The molecule has 0 bridgehead atoms. The highest BCUT2D eigenvalue weighted by Crippen LogP contribution is 2.33. The van der Waals surface area contributed by atoms with E-state index in [1.54, 1.807) is 24.6 Å². The summed E-state index contributed by atoms with van der Waals surface area (Å²) < 4.78 is 5.34. The fourth-order valence-electron chi connectivity index (χ4n) is 5.08.